The molecule has 0 spiro atoms. The second-order valence-corrected chi connectivity index (χ2v) is 5.69. The highest BCUT2D eigenvalue weighted by molar-refractivity contribution is 6.02. The van der Waals surface area contributed by atoms with Gasteiger partial charge >= 0.3 is 6.03 Å². The van der Waals surface area contributed by atoms with E-state index in [-0.39, 0.29) is 23.7 Å². The number of carbonyl (C=O) groups is 2. The molecule has 0 aliphatic carbocycles. The van der Waals surface area contributed by atoms with Gasteiger partial charge in [-0.25, -0.2) is 4.79 Å². The number of amides is 3. The summed E-state index contributed by atoms with van der Waals surface area (Å²) in [5.74, 6) is -0.0735. The molecule has 0 unspecified atom stereocenters. The summed E-state index contributed by atoms with van der Waals surface area (Å²) < 4.78 is 5.07. The van der Waals surface area contributed by atoms with Gasteiger partial charge < -0.3 is 20.4 Å². The molecule has 0 aliphatic rings. The van der Waals surface area contributed by atoms with Crippen molar-refractivity contribution in [1.29, 1.82) is 0 Å². The largest absolute Gasteiger partial charge is 0.459 e. The number of aryl methyl sites for hydroxylation is 1. The van der Waals surface area contributed by atoms with Gasteiger partial charge in [-0.1, -0.05) is 13.0 Å². The van der Waals surface area contributed by atoms with Gasteiger partial charge in [0.2, 0.25) is 0 Å². The van der Waals surface area contributed by atoms with Crippen molar-refractivity contribution in [3.8, 4) is 0 Å². The van der Waals surface area contributed by atoms with Gasteiger partial charge in [-0.15, -0.1) is 6.58 Å². The highest BCUT2D eigenvalue weighted by atomic mass is 16.3. The number of benzene rings is 1. The molecule has 1 atom stereocenters. The van der Waals surface area contributed by atoms with Crippen molar-refractivity contribution < 1.29 is 14.0 Å². The molecular formula is C19H23N3O3. The first-order valence-corrected chi connectivity index (χ1v) is 8.17. The Bertz CT molecular complexity index is 738. The molecule has 132 valence electrons. The fourth-order valence-electron chi connectivity index (χ4n) is 2.35. The first-order valence-electron chi connectivity index (χ1n) is 8.17. The Kier molecular flexibility index (Phi) is 6.39. The fourth-order valence-corrected chi connectivity index (χ4v) is 2.35. The Balaban J connectivity index is 1.98. The molecule has 0 radical (unpaired) electrons. The van der Waals surface area contributed by atoms with E-state index in [4.69, 9.17) is 4.42 Å². The van der Waals surface area contributed by atoms with Gasteiger partial charge in [0.05, 0.1) is 6.26 Å². The van der Waals surface area contributed by atoms with E-state index in [1.807, 2.05) is 13.8 Å². The van der Waals surface area contributed by atoms with Gasteiger partial charge in [-0.05, 0) is 55.7 Å². The molecule has 0 saturated heterocycles. The number of furan rings is 1. The second kappa shape index (κ2) is 8.73. The number of urea groups is 1. The minimum Gasteiger partial charge on any atom is -0.459 e. The number of anilines is 2. The van der Waals surface area contributed by atoms with Crippen LogP contribution in [-0.2, 0) is 0 Å². The Morgan fingerprint density at radius 3 is 2.68 bits per heavy atom. The quantitative estimate of drug-likeness (QED) is 0.656. The molecule has 6 nitrogen and oxygen atoms in total. The van der Waals surface area contributed by atoms with Crippen molar-refractivity contribution in [1.82, 2.24) is 5.32 Å². The van der Waals surface area contributed by atoms with Crippen LogP contribution in [0.1, 0.15) is 35.9 Å². The van der Waals surface area contributed by atoms with Crippen LogP contribution in [0.3, 0.4) is 0 Å². The van der Waals surface area contributed by atoms with Gasteiger partial charge in [0.1, 0.15) is 0 Å². The van der Waals surface area contributed by atoms with Crippen LogP contribution < -0.4 is 16.0 Å². The van der Waals surface area contributed by atoms with Crippen LogP contribution in [0, 0.1) is 6.92 Å². The average Bonchev–Trinajstić information content (AvgIpc) is 3.11. The summed E-state index contributed by atoms with van der Waals surface area (Å²) in [6, 6.07) is 8.32. The van der Waals surface area contributed by atoms with Gasteiger partial charge in [0, 0.05) is 17.4 Å². The molecule has 3 N–H and O–H groups in total. The summed E-state index contributed by atoms with van der Waals surface area (Å²) >= 11 is 0. The molecule has 2 aromatic rings. The Hall–Kier alpha value is -3.02. The third kappa shape index (κ3) is 5.24. The van der Waals surface area contributed by atoms with Crippen LogP contribution in [0.4, 0.5) is 16.2 Å². The lowest BCUT2D eigenvalue weighted by Crippen LogP contribution is -2.37. The van der Waals surface area contributed by atoms with E-state index in [0.717, 1.165) is 18.4 Å². The summed E-state index contributed by atoms with van der Waals surface area (Å²) in [7, 11) is 0. The molecule has 1 aromatic heterocycles. The van der Waals surface area contributed by atoms with Crippen molar-refractivity contribution in [2.45, 2.75) is 32.7 Å². The third-order valence-corrected chi connectivity index (χ3v) is 3.76. The zero-order valence-electron chi connectivity index (χ0n) is 14.5. The number of rotatable bonds is 7. The van der Waals surface area contributed by atoms with E-state index in [0.29, 0.717) is 11.4 Å². The first-order chi connectivity index (χ1) is 12.0. The van der Waals surface area contributed by atoms with Gasteiger partial charge in [0.25, 0.3) is 5.91 Å². The lowest BCUT2D eigenvalue weighted by Gasteiger charge is -2.16. The summed E-state index contributed by atoms with van der Waals surface area (Å²) in [6.45, 7) is 7.55. The van der Waals surface area contributed by atoms with Crippen LogP contribution >= 0.6 is 0 Å². The zero-order valence-corrected chi connectivity index (χ0v) is 14.5. The molecule has 2 rings (SSSR count). The minimum absolute atomic E-state index is 0.0606. The van der Waals surface area contributed by atoms with Crippen LogP contribution in [0.2, 0.25) is 0 Å². The Morgan fingerprint density at radius 2 is 2.08 bits per heavy atom. The Morgan fingerprint density at radius 1 is 1.28 bits per heavy atom. The van der Waals surface area contributed by atoms with E-state index in [1.54, 1.807) is 36.4 Å². The lowest BCUT2D eigenvalue weighted by molar-refractivity contribution is 0.0996. The average molecular weight is 341 g/mol. The van der Waals surface area contributed by atoms with E-state index >= 15 is 0 Å². The molecule has 0 saturated carbocycles. The molecule has 3 amide bonds. The monoisotopic (exact) mass is 341 g/mol. The molecule has 0 fully saturated rings. The topological polar surface area (TPSA) is 83.4 Å². The van der Waals surface area contributed by atoms with Gasteiger partial charge in [0.15, 0.2) is 5.76 Å². The highest BCUT2D eigenvalue weighted by Crippen LogP contribution is 2.20. The third-order valence-electron chi connectivity index (χ3n) is 3.76. The molecule has 0 bridgehead atoms. The minimum atomic E-state index is -0.318. The molecule has 6 heteroatoms. The molecular weight excluding hydrogens is 318 g/mol. The summed E-state index contributed by atoms with van der Waals surface area (Å²) in [6.07, 6.45) is 4.79. The van der Waals surface area contributed by atoms with E-state index < -0.39 is 0 Å². The van der Waals surface area contributed by atoms with Crippen LogP contribution in [-0.4, -0.2) is 18.0 Å². The van der Waals surface area contributed by atoms with Crippen molar-refractivity contribution in [2.24, 2.45) is 0 Å². The standard InChI is InChI=1S/C19H23N3O3/c1-4-7-14(5-2)20-19(24)21-15-9-10-16(13(3)12-15)22-18(23)17-8-6-11-25-17/h4,6,8-12,14H,1,5,7H2,2-3H3,(H,22,23)(H2,20,21,24)/t14-/m0/s1. The van der Waals surface area contributed by atoms with E-state index in [1.165, 1.54) is 6.26 Å². The summed E-state index contributed by atoms with van der Waals surface area (Å²) in [5, 5.41) is 8.48. The summed E-state index contributed by atoms with van der Waals surface area (Å²) in [5.41, 5.74) is 2.14. The van der Waals surface area contributed by atoms with Crippen LogP contribution in [0.5, 0.6) is 0 Å². The predicted octanol–water partition coefficient (Wildman–Crippen LogP) is 4.32. The van der Waals surface area contributed by atoms with Crippen molar-refractivity contribution in [3.63, 3.8) is 0 Å². The Labute approximate surface area is 147 Å². The lowest BCUT2D eigenvalue weighted by atomic mass is 10.1. The van der Waals surface area contributed by atoms with Crippen LogP contribution in [0.15, 0.2) is 53.7 Å². The summed E-state index contributed by atoms with van der Waals surface area (Å²) in [4.78, 5) is 24.1. The molecule has 1 aromatic carbocycles. The van der Waals surface area contributed by atoms with E-state index in [9.17, 15) is 9.59 Å². The number of carbonyl (C=O) groups excluding carboxylic acids is 2. The molecule has 1 heterocycles. The zero-order chi connectivity index (χ0) is 18.2. The smallest absolute Gasteiger partial charge is 0.319 e. The predicted molar refractivity (Wildman–Crippen MR) is 98.9 cm³/mol. The number of hydrogen-bond acceptors (Lipinski definition) is 3. The van der Waals surface area contributed by atoms with E-state index in [2.05, 4.69) is 22.5 Å². The van der Waals surface area contributed by atoms with Crippen molar-refractivity contribution in [2.75, 3.05) is 10.6 Å². The first kappa shape index (κ1) is 18.3. The normalized spacial score (nSPS) is 11.4. The second-order valence-electron chi connectivity index (χ2n) is 5.69. The van der Waals surface area contributed by atoms with Gasteiger partial charge in [-0.3, -0.25) is 4.79 Å². The fraction of sp³-hybridized carbons (Fsp3) is 0.263. The van der Waals surface area contributed by atoms with Crippen LogP contribution in [0.25, 0.3) is 0 Å². The number of nitrogens with one attached hydrogen (secondary N) is 3. The highest BCUT2D eigenvalue weighted by Gasteiger charge is 2.12. The maximum atomic E-state index is 12.0. The molecule has 25 heavy (non-hydrogen) atoms. The van der Waals surface area contributed by atoms with Crippen molar-refractivity contribution >= 4 is 23.3 Å². The maximum Gasteiger partial charge on any atom is 0.319 e. The number of hydrogen-bond donors (Lipinski definition) is 3. The maximum absolute atomic E-state index is 12.0. The molecule has 0 aliphatic heterocycles. The van der Waals surface area contributed by atoms with Gasteiger partial charge in [-0.2, -0.15) is 0 Å². The SMILES string of the molecule is C=CC[C@H](CC)NC(=O)Nc1ccc(NC(=O)c2ccco2)c(C)c1. The van der Waals surface area contributed by atoms with Crippen molar-refractivity contribution in [3.05, 3.63) is 60.6 Å².